The van der Waals surface area contributed by atoms with Gasteiger partial charge in [0.1, 0.15) is 5.03 Å². The van der Waals surface area contributed by atoms with Gasteiger partial charge in [0, 0.05) is 24.5 Å². The van der Waals surface area contributed by atoms with Gasteiger partial charge in [-0.15, -0.1) is 11.8 Å². The highest BCUT2D eigenvalue weighted by Crippen LogP contribution is 2.35. The average molecular weight is 307 g/mol. The van der Waals surface area contributed by atoms with Crippen molar-refractivity contribution < 1.29 is 17.9 Å². The molecule has 2 heterocycles. The summed E-state index contributed by atoms with van der Waals surface area (Å²) >= 11 is 1.31. The zero-order chi connectivity index (χ0) is 14.8. The number of nitrogens with one attached hydrogen (secondary N) is 1. The summed E-state index contributed by atoms with van der Waals surface area (Å²) < 4.78 is 43.9. The fourth-order valence-electron chi connectivity index (χ4n) is 1.89. The van der Waals surface area contributed by atoms with Crippen LogP contribution in [0.3, 0.4) is 0 Å². The molecule has 1 aliphatic heterocycles. The minimum Gasteiger partial charge on any atom is -0.377 e. The van der Waals surface area contributed by atoms with Gasteiger partial charge in [-0.05, 0) is 20.3 Å². The van der Waals surface area contributed by atoms with Gasteiger partial charge in [0.25, 0.3) is 0 Å². The van der Waals surface area contributed by atoms with Crippen molar-refractivity contribution in [1.82, 2.24) is 9.97 Å². The molecule has 2 atom stereocenters. The fraction of sp³-hybridized carbons (Fsp3) is 0.667. The smallest absolute Gasteiger partial charge is 0.377 e. The summed E-state index contributed by atoms with van der Waals surface area (Å²) in [6.07, 6.45) is -3.64. The summed E-state index contributed by atoms with van der Waals surface area (Å²) in [7, 11) is 0. The minimum atomic E-state index is -4.47. The molecule has 1 saturated heterocycles. The van der Waals surface area contributed by atoms with E-state index in [0.717, 1.165) is 12.5 Å². The van der Waals surface area contributed by atoms with Crippen molar-refractivity contribution in [2.75, 3.05) is 18.5 Å². The van der Waals surface area contributed by atoms with Gasteiger partial charge in [0.05, 0.1) is 6.10 Å². The van der Waals surface area contributed by atoms with E-state index in [2.05, 4.69) is 15.3 Å². The predicted molar refractivity (Wildman–Crippen MR) is 70.9 cm³/mol. The Bertz CT molecular complexity index is 470. The first-order chi connectivity index (χ1) is 9.40. The van der Waals surface area contributed by atoms with Gasteiger partial charge in [-0.1, -0.05) is 0 Å². The van der Waals surface area contributed by atoms with Crippen LogP contribution in [0.4, 0.5) is 19.1 Å². The first kappa shape index (κ1) is 15.4. The molecule has 4 nitrogen and oxygen atoms in total. The molecule has 2 rings (SSSR count). The van der Waals surface area contributed by atoms with Crippen LogP contribution in [0.15, 0.2) is 11.1 Å². The molecule has 0 aromatic carbocycles. The maximum Gasteiger partial charge on any atom is 0.433 e. The molecule has 0 bridgehead atoms. The minimum absolute atomic E-state index is 0.0105. The van der Waals surface area contributed by atoms with Crippen LogP contribution in [0.1, 0.15) is 26.0 Å². The zero-order valence-electron chi connectivity index (χ0n) is 11.2. The van der Waals surface area contributed by atoms with Crippen LogP contribution in [0.5, 0.6) is 0 Å². The third-order valence-electron chi connectivity index (χ3n) is 2.91. The van der Waals surface area contributed by atoms with Gasteiger partial charge in [-0.25, -0.2) is 9.97 Å². The molecule has 0 amide bonds. The zero-order valence-corrected chi connectivity index (χ0v) is 12.0. The number of hydrogen-bond acceptors (Lipinski definition) is 5. The highest BCUT2D eigenvalue weighted by Gasteiger charge is 2.34. The molecular weight excluding hydrogens is 291 g/mol. The molecule has 112 valence electrons. The summed E-state index contributed by atoms with van der Waals surface area (Å²) in [5.41, 5.74) is -0.919. The second-order valence-corrected chi connectivity index (χ2v) is 5.72. The molecular formula is C12H16F3N3OS. The van der Waals surface area contributed by atoms with Crippen molar-refractivity contribution in [2.24, 2.45) is 0 Å². The molecule has 1 aromatic rings. The van der Waals surface area contributed by atoms with Gasteiger partial charge >= 0.3 is 6.18 Å². The lowest BCUT2D eigenvalue weighted by atomic mass is 10.3. The number of ether oxygens (including phenoxy) is 1. The first-order valence-corrected chi connectivity index (χ1v) is 7.26. The van der Waals surface area contributed by atoms with Gasteiger partial charge in [0.2, 0.25) is 5.95 Å². The van der Waals surface area contributed by atoms with Crippen molar-refractivity contribution in [1.29, 1.82) is 0 Å². The van der Waals surface area contributed by atoms with Gasteiger partial charge in [-0.2, -0.15) is 13.2 Å². The lowest BCUT2D eigenvalue weighted by molar-refractivity contribution is -0.141. The Hall–Kier alpha value is -1.02. The van der Waals surface area contributed by atoms with Crippen LogP contribution in [-0.4, -0.2) is 34.5 Å². The number of aromatic nitrogens is 2. The van der Waals surface area contributed by atoms with E-state index >= 15 is 0 Å². The molecule has 1 N–H and O–H groups in total. The van der Waals surface area contributed by atoms with Gasteiger partial charge < -0.3 is 10.1 Å². The topological polar surface area (TPSA) is 47.0 Å². The Morgan fingerprint density at radius 3 is 2.75 bits per heavy atom. The predicted octanol–water partition coefficient (Wildman–Crippen LogP) is 3.20. The van der Waals surface area contributed by atoms with Crippen molar-refractivity contribution >= 4 is 17.7 Å². The normalized spacial score (nSPS) is 23.1. The van der Waals surface area contributed by atoms with Crippen LogP contribution < -0.4 is 5.32 Å². The molecule has 0 spiro atoms. The Labute approximate surface area is 119 Å². The molecule has 1 aromatic heterocycles. The third-order valence-corrected chi connectivity index (χ3v) is 4.28. The number of nitrogens with zero attached hydrogens (tertiary/aromatic N) is 2. The highest BCUT2D eigenvalue weighted by molar-refractivity contribution is 7.99. The van der Waals surface area contributed by atoms with Crippen LogP contribution >= 0.6 is 11.8 Å². The summed E-state index contributed by atoms with van der Waals surface area (Å²) in [4.78, 5) is 7.62. The monoisotopic (exact) mass is 307 g/mol. The Kier molecular flexibility index (Phi) is 4.74. The third kappa shape index (κ3) is 3.76. The van der Waals surface area contributed by atoms with E-state index in [0.29, 0.717) is 18.2 Å². The SMILES string of the molecule is CCNc1nc(SC2CCOC2C)cc(C(F)(F)F)n1. The van der Waals surface area contributed by atoms with E-state index in [-0.39, 0.29) is 17.3 Å². The van der Waals surface area contributed by atoms with Crippen LogP contribution in [-0.2, 0) is 10.9 Å². The number of alkyl halides is 3. The quantitative estimate of drug-likeness (QED) is 0.866. The number of rotatable bonds is 4. The van der Waals surface area contributed by atoms with Crippen LogP contribution in [0, 0.1) is 0 Å². The number of hydrogen-bond donors (Lipinski definition) is 1. The molecule has 2 unspecified atom stereocenters. The van der Waals surface area contributed by atoms with E-state index in [9.17, 15) is 13.2 Å². The van der Waals surface area contributed by atoms with E-state index < -0.39 is 11.9 Å². The summed E-state index contributed by atoms with van der Waals surface area (Å²) in [5, 5.41) is 3.18. The molecule has 20 heavy (non-hydrogen) atoms. The second kappa shape index (κ2) is 6.17. The van der Waals surface area contributed by atoms with Crippen molar-refractivity contribution in [2.45, 2.75) is 42.8 Å². The van der Waals surface area contributed by atoms with E-state index in [1.807, 2.05) is 6.92 Å². The van der Waals surface area contributed by atoms with E-state index in [1.54, 1.807) is 6.92 Å². The van der Waals surface area contributed by atoms with Gasteiger partial charge in [0.15, 0.2) is 5.69 Å². The summed E-state index contributed by atoms with van der Waals surface area (Å²) in [6.45, 7) is 4.80. The standard InChI is InChI=1S/C12H16F3N3OS/c1-3-16-11-17-9(12(13,14)15)6-10(18-11)20-8-4-5-19-7(8)2/h6-8H,3-5H2,1-2H3,(H,16,17,18). The maximum atomic E-state index is 12.8. The van der Waals surface area contributed by atoms with Gasteiger partial charge in [-0.3, -0.25) is 0 Å². The lowest BCUT2D eigenvalue weighted by Gasteiger charge is -2.15. The molecule has 0 saturated carbocycles. The average Bonchev–Trinajstić information content (AvgIpc) is 2.74. The van der Waals surface area contributed by atoms with Crippen molar-refractivity contribution in [3.63, 3.8) is 0 Å². The maximum absolute atomic E-state index is 12.8. The molecule has 1 aliphatic rings. The Morgan fingerprint density at radius 2 is 2.20 bits per heavy atom. The Morgan fingerprint density at radius 1 is 1.45 bits per heavy atom. The van der Waals surface area contributed by atoms with E-state index in [1.165, 1.54) is 11.8 Å². The summed E-state index contributed by atoms with van der Waals surface area (Å²) in [5.74, 6) is 0.0105. The molecule has 8 heteroatoms. The van der Waals surface area contributed by atoms with Crippen LogP contribution in [0.2, 0.25) is 0 Å². The van der Waals surface area contributed by atoms with E-state index in [4.69, 9.17) is 4.74 Å². The van der Waals surface area contributed by atoms with Crippen LogP contribution in [0.25, 0.3) is 0 Å². The number of thioether (sulfide) groups is 1. The molecule has 0 aliphatic carbocycles. The lowest BCUT2D eigenvalue weighted by Crippen LogP contribution is -2.15. The molecule has 1 fully saturated rings. The second-order valence-electron chi connectivity index (χ2n) is 4.46. The Balaban J connectivity index is 2.24. The summed E-state index contributed by atoms with van der Waals surface area (Å²) in [6, 6.07) is 0.997. The largest absolute Gasteiger partial charge is 0.433 e. The fourth-order valence-corrected chi connectivity index (χ4v) is 3.00. The number of halogens is 3. The highest BCUT2D eigenvalue weighted by atomic mass is 32.2. The first-order valence-electron chi connectivity index (χ1n) is 6.38. The van der Waals surface area contributed by atoms with Crippen molar-refractivity contribution in [3.05, 3.63) is 11.8 Å². The molecule has 0 radical (unpaired) electrons. The number of anilines is 1. The van der Waals surface area contributed by atoms with Crippen molar-refractivity contribution in [3.8, 4) is 0 Å².